The fourth-order valence-electron chi connectivity index (χ4n) is 0.964. The minimum atomic E-state index is -0.510. The molecular weight excluding hydrogens is 184 g/mol. The van der Waals surface area contributed by atoms with Gasteiger partial charge in [0.05, 0.1) is 0 Å². The predicted octanol–water partition coefficient (Wildman–Crippen LogP) is 1.66. The Labute approximate surface area is 72.9 Å². The van der Waals surface area contributed by atoms with E-state index in [9.17, 15) is 4.55 Å². The van der Waals surface area contributed by atoms with E-state index in [1.165, 1.54) is 24.3 Å². The molecule has 0 aromatic carbocycles. The molecule has 2 aliphatic heterocycles. The highest BCUT2D eigenvalue weighted by Gasteiger charge is 2.39. The number of thioether (sulfide) groups is 2. The highest BCUT2D eigenvalue weighted by Crippen LogP contribution is 2.42. The van der Waals surface area contributed by atoms with Crippen molar-refractivity contribution < 1.29 is 4.55 Å². The SMILES string of the molecule is [O-][S+](C1CCS1)C1CCS1. The van der Waals surface area contributed by atoms with E-state index in [-0.39, 0.29) is 0 Å². The monoisotopic (exact) mass is 194 g/mol. The zero-order valence-corrected chi connectivity index (χ0v) is 8.07. The van der Waals surface area contributed by atoms with Crippen LogP contribution in [0.2, 0.25) is 0 Å². The second kappa shape index (κ2) is 3.17. The Hall–Kier alpha value is 1.01. The van der Waals surface area contributed by atoms with E-state index in [1.54, 1.807) is 0 Å². The van der Waals surface area contributed by atoms with E-state index in [4.69, 9.17) is 0 Å². The molecule has 0 N–H and O–H groups in total. The van der Waals surface area contributed by atoms with Crippen LogP contribution in [0.15, 0.2) is 0 Å². The maximum absolute atomic E-state index is 11.5. The van der Waals surface area contributed by atoms with Crippen LogP contribution in [-0.2, 0) is 11.2 Å². The van der Waals surface area contributed by atoms with Crippen molar-refractivity contribution in [2.45, 2.75) is 22.0 Å². The first-order valence-corrected chi connectivity index (χ1v) is 6.88. The first-order chi connectivity index (χ1) is 4.88. The molecule has 0 radical (unpaired) electrons. The summed E-state index contributed by atoms with van der Waals surface area (Å²) in [6.45, 7) is 0. The Morgan fingerprint density at radius 2 is 1.50 bits per heavy atom. The van der Waals surface area contributed by atoms with Crippen molar-refractivity contribution in [2.24, 2.45) is 0 Å². The summed E-state index contributed by atoms with van der Waals surface area (Å²) in [5, 5.41) is 0. The Morgan fingerprint density at radius 1 is 1.10 bits per heavy atom. The van der Waals surface area contributed by atoms with E-state index in [0.717, 1.165) is 0 Å². The molecule has 0 aromatic rings. The molecule has 2 aliphatic rings. The maximum Gasteiger partial charge on any atom is 0.162 e. The molecule has 2 fully saturated rings. The Morgan fingerprint density at radius 3 is 1.70 bits per heavy atom. The van der Waals surface area contributed by atoms with Gasteiger partial charge in [-0.15, -0.1) is 23.5 Å². The van der Waals surface area contributed by atoms with Crippen molar-refractivity contribution in [3.63, 3.8) is 0 Å². The van der Waals surface area contributed by atoms with Gasteiger partial charge >= 0.3 is 0 Å². The summed E-state index contributed by atoms with van der Waals surface area (Å²) in [7, 11) is 0. The fraction of sp³-hybridized carbons (Fsp3) is 1.00. The first-order valence-electron chi connectivity index (χ1n) is 3.50. The summed E-state index contributed by atoms with van der Waals surface area (Å²) in [5.74, 6) is 2.46. The average molecular weight is 194 g/mol. The normalized spacial score (nSPS) is 41.7. The third kappa shape index (κ3) is 1.31. The van der Waals surface area contributed by atoms with Crippen molar-refractivity contribution in [3.8, 4) is 0 Å². The molecule has 0 spiro atoms. The number of hydrogen-bond donors (Lipinski definition) is 0. The molecule has 0 saturated carbocycles. The molecule has 58 valence electrons. The van der Waals surface area contributed by atoms with E-state index < -0.39 is 11.2 Å². The van der Waals surface area contributed by atoms with Gasteiger partial charge in [0, 0.05) is 24.3 Å². The van der Waals surface area contributed by atoms with Gasteiger partial charge < -0.3 is 4.55 Å². The molecule has 1 nitrogen and oxygen atoms in total. The van der Waals surface area contributed by atoms with Crippen LogP contribution in [0.5, 0.6) is 0 Å². The lowest BCUT2D eigenvalue weighted by atomic mass is 10.5. The van der Waals surface area contributed by atoms with E-state index in [2.05, 4.69) is 0 Å². The van der Waals surface area contributed by atoms with E-state index >= 15 is 0 Å². The zero-order valence-electron chi connectivity index (χ0n) is 5.62. The van der Waals surface area contributed by atoms with Gasteiger partial charge in [-0.2, -0.15) is 0 Å². The van der Waals surface area contributed by atoms with Gasteiger partial charge in [0.15, 0.2) is 9.16 Å². The van der Waals surface area contributed by atoms with Gasteiger partial charge in [0.2, 0.25) is 0 Å². The Balaban J connectivity index is 1.79. The highest BCUT2D eigenvalue weighted by molar-refractivity contribution is 8.21. The maximum atomic E-state index is 11.5. The molecule has 0 bridgehead atoms. The summed E-state index contributed by atoms with van der Waals surface area (Å²) >= 11 is 3.25. The first kappa shape index (κ1) is 7.65. The molecule has 2 atom stereocenters. The topological polar surface area (TPSA) is 23.1 Å². The molecule has 0 amide bonds. The quantitative estimate of drug-likeness (QED) is 0.625. The van der Waals surface area contributed by atoms with Crippen molar-refractivity contribution >= 4 is 34.7 Å². The second-order valence-corrected chi connectivity index (χ2v) is 7.52. The van der Waals surface area contributed by atoms with Crippen molar-refractivity contribution in [3.05, 3.63) is 0 Å². The van der Waals surface area contributed by atoms with Crippen molar-refractivity contribution in [2.75, 3.05) is 11.5 Å². The van der Waals surface area contributed by atoms with Crippen LogP contribution in [0.4, 0.5) is 0 Å². The summed E-state index contributed by atoms with van der Waals surface area (Å²) in [5.41, 5.74) is 0. The van der Waals surface area contributed by atoms with Crippen molar-refractivity contribution in [1.29, 1.82) is 0 Å². The summed E-state index contributed by atoms with van der Waals surface area (Å²) in [6.07, 6.45) is 2.38. The van der Waals surface area contributed by atoms with E-state index in [0.29, 0.717) is 9.16 Å². The van der Waals surface area contributed by atoms with Gasteiger partial charge in [-0.05, 0) is 11.2 Å². The minimum Gasteiger partial charge on any atom is -0.615 e. The van der Waals surface area contributed by atoms with E-state index in [1.807, 2.05) is 23.5 Å². The van der Waals surface area contributed by atoms with Crippen LogP contribution < -0.4 is 0 Å². The fourth-order valence-corrected chi connectivity index (χ4v) is 5.87. The van der Waals surface area contributed by atoms with Crippen LogP contribution in [0.1, 0.15) is 12.8 Å². The van der Waals surface area contributed by atoms with Crippen LogP contribution in [0.25, 0.3) is 0 Å². The van der Waals surface area contributed by atoms with Gasteiger partial charge in [0.25, 0.3) is 0 Å². The summed E-state index contributed by atoms with van der Waals surface area (Å²) < 4.78 is 12.5. The molecule has 0 aromatic heterocycles. The third-order valence-corrected chi connectivity index (χ3v) is 7.45. The zero-order chi connectivity index (χ0) is 6.97. The van der Waals surface area contributed by atoms with Gasteiger partial charge in [-0.1, -0.05) is 0 Å². The van der Waals surface area contributed by atoms with Crippen LogP contribution in [-0.4, -0.2) is 25.2 Å². The molecule has 2 saturated heterocycles. The number of rotatable bonds is 2. The highest BCUT2D eigenvalue weighted by atomic mass is 32.3. The molecule has 2 unspecified atom stereocenters. The lowest BCUT2D eigenvalue weighted by molar-refractivity contribution is 0.582. The van der Waals surface area contributed by atoms with Crippen LogP contribution >= 0.6 is 23.5 Å². The minimum absolute atomic E-state index is 0.498. The Kier molecular flexibility index (Phi) is 2.42. The van der Waals surface area contributed by atoms with Crippen LogP contribution in [0.3, 0.4) is 0 Å². The number of hydrogen-bond acceptors (Lipinski definition) is 3. The van der Waals surface area contributed by atoms with Crippen LogP contribution in [0, 0.1) is 0 Å². The molecule has 2 heterocycles. The third-order valence-electron chi connectivity index (χ3n) is 1.83. The molecule has 4 heteroatoms. The summed E-state index contributed by atoms with van der Waals surface area (Å²) in [6, 6.07) is 0. The molecule has 10 heavy (non-hydrogen) atoms. The average Bonchev–Trinajstić information content (AvgIpc) is 1.52. The summed E-state index contributed by atoms with van der Waals surface area (Å²) in [4.78, 5) is 0. The van der Waals surface area contributed by atoms with Gasteiger partial charge in [-0.25, -0.2) is 0 Å². The standard InChI is InChI=1S/C6H10OS3/c7-10(5-1-3-8-5)6-2-4-9-6/h5-6H,1-4H2. The van der Waals surface area contributed by atoms with Gasteiger partial charge in [-0.3, -0.25) is 0 Å². The molecule has 2 rings (SSSR count). The Bertz CT molecular complexity index is 108. The van der Waals surface area contributed by atoms with Gasteiger partial charge in [0.1, 0.15) is 0 Å². The largest absolute Gasteiger partial charge is 0.615 e. The lowest BCUT2D eigenvalue weighted by Gasteiger charge is -2.35. The molecular formula is C6H10OS3. The van der Waals surface area contributed by atoms with Crippen molar-refractivity contribution in [1.82, 2.24) is 0 Å². The second-order valence-electron chi connectivity index (χ2n) is 2.51. The lowest BCUT2D eigenvalue weighted by Crippen LogP contribution is -2.37. The predicted molar refractivity (Wildman–Crippen MR) is 49.9 cm³/mol. The smallest absolute Gasteiger partial charge is 0.162 e. The molecule has 0 aliphatic carbocycles.